The number of nitrogens with zero attached hydrogens (tertiary/aromatic N) is 3. The number of ether oxygens (including phenoxy) is 1. The van der Waals surface area contributed by atoms with Gasteiger partial charge in [0.05, 0.1) is 18.0 Å². The Morgan fingerprint density at radius 1 is 1.06 bits per heavy atom. The third-order valence-electron chi connectivity index (χ3n) is 5.52. The average Bonchev–Trinajstić information content (AvgIpc) is 3.08. The van der Waals surface area contributed by atoms with E-state index in [9.17, 15) is 4.79 Å². The van der Waals surface area contributed by atoms with Crippen LogP contribution in [0, 0.1) is 20.8 Å². The van der Waals surface area contributed by atoms with Crippen molar-refractivity contribution in [3.8, 4) is 5.75 Å². The number of hydrogen-bond donors (Lipinski definition) is 2. The molecule has 0 aliphatic heterocycles. The molecule has 0 unspecified atom stereocenters. The third-order valence-corrected chi connectivity index (χ3v) is 5.52. The highest BCUT2D eigenvalue weighted by molar-refractivity contribution is 6.10. The quantitative estimate of drug-likeness (QED) is 0.389. The molecular formula is C26H33N5O2. The highest BCUT2D eigenvalue weighted by Crippen LogP contribution is 2.23. The number of guanidine groups is 1. The fourth-order valence-electron chi connectivity index (χ4n) is 3.77. The minimum absolute atomic E-state index is 0.209. The van der Waals surface area contributed by atoms with Gasteiger partial charge in [0.15, 0.2) is 0 Å². The van der Waals surface area contributed by atoms with Crippen molar-refractivity contribution in [1.82, 2.24) is 15.1 Å². The molecule has 0 atom stereocenters. The van der Waals surface area contributed by atoms with Crippen LogP contribution in [0.4, 0.5) is 5.69 Å². The molecule has 7 nitrogen and oxygen atoms in total. The topological polar surface area (TPSA) is 80.5 Å². The molecule has 2 N–H and O–H groups in total. The van der Waals surface area contributed by atoms with Crippen LogP contribution >= 0.6 is 0 Å². The molecule has 3 aromatic rings. The molecule has 3 rings (SSSR count). The standard InChI is InChI=1S/C26H33N5O2/c1-6-31-20(5)22(19(4)30-31)16-17-27-26(28-23-14-10-11-15-24(23)33-7-2)29-25(32)21-13-9-8-12-18(21)3/h8-15H,6-7,16-17H2,1-5H3,(H2,27,28,29,32). The molecule has 0 fully saturated rings. The first kappa shape index (κ1) is 24.0. The van der Waals surface area contributed by atoms with Gasteiger partial charge in [-0.25, -0.2) is 0 Å². The van der Waals surface area contributed by atoms with Gasteiger partial charge in [-0.2, -0.15) is 5.10 Å². The van der Waals surface area contributed by atoms with Gasteiger partial charge in [-0.3, -0.25) is 19.8 Å². The molecular weight excluding hydrogens is 414 g/mol. The van der Waals surface area contributed by atoms with Gasteiger partial charge in [-0.05, 0) is 70.4 Å². The lowest BCUT2D eigenvalue weighted by Crippen LogP contribution is -2.36. The summed E-state index contributed by atoms with van der Waals surface area (Å²) in [6.45, 7) is 11.9. The first-order valence-corrected chi connectivity index (χ1v) is 11.4. The van der Waals surface area contributed by atoms with Crippen molar-refractivity contribution >= 4 is 17.6 Å². The van der Waals surface area contributed by atoms with Crippen molar-refractivity contribution in [3.63, 3.8) is 0 Å². The van der Waals surface area contributed by atoms with Crippen molar-refractivity contribution < 1.29 is 9.53 Å². The Kier molecular flexibility index (Phi) is 8.24. The predicted octanol–water partition coefficient (Wildman–Crippen LogP) is 4.67. The Bertz CT molecular complexity index is 1130. The molecule has 174 valence electrons. The maximum Gasteiger partial charge on any atom is 0.258 e. The van der Waals surface area contributed by atoms with Crippen molar-refractivity contribution in [2.45, 2.75) is 47.6 Å². The van der Waals surface area contributed by atoms with Crippen LogP contribution in [-0.2, 0) is 13.0 Å². The monoisotopic (exact) mass is 447 g/mol. The van der Waals surface area contributed by atoms with E-state index in [2.05, 4.69) is 29.6 Å². The number of amides is 1. The van der Waals surface area contributed by atoms with Crippen LogP contribution in [0.2, 0.25) is 0 Å². The second-order valence-electron chi connectivity index (χ2n) is 7.77. The smallest absolute Gasteiger partial charge is 0.258 e. The molecule has 0 saturated carbocycles. The minimum Gasteiger partial charge on any atom is -0.492 e. The molecule has 33 heavy (non-hydrogen) atoms. The molecule has 0 aliphatic carbocycles. The lowest BCUT2D eigenvalue weighted by atomic mass is 10.1. The van der Waals surface area contributed by atoms with E-state index in [1.54, 1.807) is 0 Å². The van der Waals surface area contributed by atoms with Crippen LogP contribution in [0.25, 0.3) is 0 Å². The van der Waals surface area contributed by atoms with E-state index in [1.165, 1.54) is 5.56 Å². The average molecular weight is 448 g/mol. The Balaban J connectivity index is 1.84. The lowest BCUT2D eigenvalue weighted by molar-refractivity contribution is 0.0976. The largest absolute Gasteiger partial charge is 0.492 e. The summed E-state index contributed by atoms with van der Waals surface area (Å²) in [6, 6.07) is 15.1. The normalized spacial score (nSPS) is 11.4. The summed E-state index contributed by atoms with van der Waals surface area (Å²) in [7, 11) is 0. The van der Waals surface area contributed by atoms with E-state index >= 15 is 0 Å². The van der Waals surface area contributed by atoms with Gasteiger partial charge in [0.1, 0.15) is 5.75 Å². The first-order chi connectivity index (χ1) is 15.9. The van der Waals surface area contributed by atoms with Gasteiger partial charge < -0.3 is 10.1 Å². The van der Waals surface area contributed by atoms with Crippen LogP contribution < -0.4 is 15.4 Å². The number of carbonyl (C=O) groups is 1. The van der Waals surface area contributed by atoms with Crippen molar-refractivity contribution in [2.75, 3.05) is 18.5 Å². The fourth-order valence-corrected chi connectivity index (χ4v) is 3.77. The van der Waals surface area contributed by atoms with Gasteiger partial charge in [0, 0.05) is 24.3 Å². The summed E-state index contributed by atoms with van der Waals surface area (Å²) < 4.78 is 7.73. The van der Waals surface area contributed by atoms with E-state index in [1.807, 2.05) is 74.0 Å². The minimum atomic E-state index is -0.209. The molecule has 1 aromatic heterocycles. The maximum absolute atomic E-state index is 13.0. The highest BCUT2D eigenvalue weighted by atomic mass is 16.5. The molecule has 0 aliphatic rings. The zero-order chi connectivity index (χ0) is 23.8. The lowest BCUT2D eigenvalue weighted by Gasteiger charge is -2.15. The number of benzene rings is 2. The first-order valence-electron chi connectivity index (χ1n) is 11.4. The van der Waals surface area contributed by atoms with Crippen molar-refractivity contribution in [1.29, 1.82) is 0 Å². The SMILES string of the molecule is CCOc1ccccc1NC(=NCCc1c(C)nn(CC)c1C)NC(=O)c1ccccc1C. The van der Waals surface area contributed by atoms with E-state index in [0.717, 1.165) is 35.6 Å². The van der Waals surface area contributed by atoms with Crippen LogP contribution in [-0.4, -0.2) is 34.8 Å². The molecule has 1 heterocycles. The van der Waals surface area contributed by atoms with Gasteiger partial charge in [0.2, 0.25) is 5.96 Å². The Labute approximate surface area is 195 Å². The van der Waals surface area contributed by atoms with E-state index < -0.39 is 0 Å². The van der Waals surface area contributed by atoms with E-state index in [-0.39, 0.29) is 5.91 Å². The van der Waals surface area contributed by atoms with E-state index in [0.29, 0.717) is 30.4 Å². The summed E-state index contributed by atoms with van der Waals surface area (Å²) in [5, 5.41) is 10.8. The second kappa shape index (κ2) is 11.3. The number of anilines is 1. The predicted molar refractivity (Wildman–Crippen MR) is 133 cm³/mol. The Morgan fingerprint density at radius 2 is 1.79 bits per heavy atom. The molecule has 7 heteroatoms. The maximum atomic E-state index is 13.0. The van der Waals surface area contributed by atoms with Crippen LogP contribution in [0.3, 0.4) is 0 Å². The summed E-state index contributed by atoms with van der Waals surface area (Å²) >= 11 is 0. The van der Waals surface area contributed by atoms with Crippen molar-refractivity contribution in [3.05, 3.63) is 76.6 Å². The zero-order valence-corrected chi connectivity index (χ0v) is 20.1. The summed E-state index contributed by atoms with van der Waals surface area (Å²) in [4.78, 5) is 17.7. The number of carbonyl (C=O) groups excluding carboxylic acids is 1. The zero-order valence-electron chi connectivity index (χ0n) is 20.1. The number of hydrogen-bond acceptors (Lipinski definition) is 4. The van der Waals surface area contributed by atoms with Gasteiger partial charge in [-0.1, -0.05) is 30.3 Å². The van der Waals surface area contributed by atoms with Gasteiger partial charge in [-0.15, -0.1) is 0 Å². The third kappa shape index (κ3) is 6.00. The molecule has 0 spiro atoms. The summed E-state index contributed by atoms with van der Waals surface area (Å²) in [5.41, 5.74) is 5.63. The second-order valence-corrected chi connectivity index (χ2v) is 7.77. The Morgan fingerprint density at radius 3 is 2.48 bits per heavy atom. The van der Waals surface area contributed by atoms with E-state index in [4.69, 9.17) is 9.73 Å². The number of aliphatic imine (C=N–C) groups is 1. The molecule has 0 bridgehead atoms. The van der Waals surface area contributed by atoms with Crippen LogP contribution in [0.1, 0.15) is 46.7 Å². The molecule has 2 aromatic carbocycles. The Hall–Kier alpha value is -3.61. The number of rotatable bonds is 8. The van der Waals surface area contributed by atoms with Gasteiger partial charge in [0.25, 0.3) is 5.91 Å². The van der Waals surface area contributed by atoms with Crippen molar-refractivity contribution in [2.24, 2.45) is 4.99 Å². The van der Waals surface area contributed by atoms with Crippen LogP contribution in [0.5, 0.6) is 5.75 Å². The number of para-hydroxylation sites is 2. The molecule has 0 saturated heterocycles. The summed E-state index contributed by atoms with van der Waals surface area (Å²) in [5.74, 6) is 0.877. The number of aromatic nitrogens is 2. The number of aryl methyl sites for hydroxylation is 3. The molecule has 0 radical (unpaired) electrons. The highest BCUT2D eigenvalue weighted by Gasteiger charge is 2.14. The van der Waals surface area contributed by atoms with Gasteiger partial charge >= 0.3 is 0 Å². The fraction of sp³-hybridized carbons (Fsp3) is 0.346. The van der Waals surface area contributed by atoms with Crippen LogP contribution in [0.15, 0.2) is 53.5 Å². The summed E-state index contributed by atoms with van der Waals surface area (Å²) in [6.07, 6.45) is 0.732. The number of nitrogens with one attached hydrogen (secondary N) is 2. The molecule has 1 amide bonds.